The third kappa shape index (κ3) is 1.42. The molecule has 12 heavy (non-hydrogen) atoms. The summed E-state index contributed by atoms with van der Waals surface area (Å²) in [6.45, 7) is 0.870. The summed E-state index contributed by atoms with van der Waals surface area (Å²) in [4.78, 5) is 0. The van der Waals surface area contributed by atoms with Crippen LogP contribution in [0.25, 0.3) is 5.84 Å². The van der Waals surface area contributed by atoms with Crippen molar-refractivity contribution in [2.45, 2.75) is 12.8 Å². The first-order valence-corrected chi connectivity index (χ1v) is 4.28. The number of anilines is 1. The van der Waals surface area contributed by atoms with Crippen molar-refractivity contribution in [2.24, 2.45) is 0 Å². The second-order valence-corrected chi connectivity index (χ2v) is 3.11. The predicted molar refractivity (Wildman–Crippen MR) is 48.5 cm³/mol. The highest BCUT2D eigenvalue weighted by atomic mass is 15.7. The molecular weight excluding hydrogens is 150 g/mol. The van der Waals surface area contributed by atoms with Gasteiger partial charge in [0, 0.05) is 6.42 Å². The van der Waals surface area contributed by atoms with Crippen LogP contribution in [-0.2, 0) is 6.42 Å². The molecular formula is C9H13N3. The van der Waals surface area contributed by atoms with Crippen LogP contribution in [0.3, 0.4) is 0 Å². The largest absolute Gasteiger partial charge is 0.443 e. The van der Waals surface area contributed by atoms with Crippen molar-refractivity contribution in [1.29, 1.82) is 0 Å². The van der Waals surface area contributed by atoms with Gasteiger partial charge in [-0.15, -0.1) is 0 Å². The molecule has 0 saturated heterocycles. The molecule has 0 fully saturated rings. The Kier molecular flexibility index (Phi) is 1.98. The summed E-state index contributed by atoms with van der Waals surface area (Å²) in [5.41, 5.74) is 5.55. The van der Waals surface area contributed by atoms with Crippen molar-refractivity contribution < 1.29 is 5.12 Å². The minimum Gasteiger partial charge on any atom is -0.443 e. The molecule has 1 unspecified atom stereocenters. The number of benzene rings is 1. The molecule has 0 bridgehead atoms. The summed E-state index contributed by atoms with van der Waals surface area (Å²) >= 11 is 0. The number of quaternary nitrogens is 1. The predicted octanol–water partition coefficient (Wildman–Crippen LogP) is 0.812. The SMILES string of the molecule is [NH-][NH+]1CCCc2ccccc2N1. The smallest absolute Gasteiger partial charge is 0.0904 e. The highest BCUT2D eigenvalue weighted by Gasteiger charge is 2.08. The van der Waals surface area contributed by atoms with Gasteiger partial charge in [-0.3, -0.25) is 0 Å². The van der Waals surface area contributed by atoms with Gasteiger partial charge >= 0.3 is 0 Å². The van der Waals surface area contributed by atoms with Crippen molar-refractivity contribution in [2.75, 3.05) is 12.0 Å². The molecule has 3 heteroatoms. The minimum absolute atomic E-state index is 0.639. The Balaban J connectivity index is 2.31. The summed E-state index contributed by atoms with van der Waals surface area (Å²) in [5, 5.41) is 0.639. The van der Waals surface area contributed by atoms with Crippen LogP contribution in [0.15, 0.2) is 24.3 Å². The van der Waals surface area contributed by atoms with Crippen molar-refractivity contribution in [3.63, 3.8) is 0 Å². The van der Waals surface area contributed by atoms with E-state index < -0.39 is 0 Å². The van der Waals surface area contributed by atoms with Crippen LogP contribution in [0, 0.1) is 0 Å². The second kappa shape index (κ2) is 3.13. The van der Waals surface area contributed by atoms with Crippen LogP contribution >= 0.6 is 0 Å². The molecule has 64 valence electrons. The molecule has 0 saturated carbocycles. The molecule has 0 amide bonds. The zero-order valence-electron chi connectivity index (χ0n) is 6.93. The lowest BCUT2D eigenvalue weighted by Crippen LogP contribution is -3.08. The summed E-state index contributed by atoms with van der Waals surface area (Å²) in [6, 6.07) is 8.22. The number of rotatable bonds is 0. The Morgan fingerprint density at radius 3 is 3.08 bits per heavy atom. The van der Waals surface area contributed by atoms with Crippen LogP contribution in [0.2, 0.25) is 0 Å². The van der Waals surface area contributed by atoms with Crippen molar-refractivity contribution in [3.8, 4) is 0 Å². The summed E-state index contributed by atoms with van der Waals surface area (Å²) < 4.78 is 0. The third-order valence-electron chi connectivity index (χ3n) is 2.18. The normalized spacial score (nSPS) is 22.2. The molecule has 1 aromatic carbocycles. The van der Waals surface area contributed by atoms with E-state index >= 15 is 0 Å². The number of nitrogens with one attached hydrogen (secondary N) is 3. The topological polar surface area (TPSA) is 40.3 Å². The van der Waals surface area contributed by atoms with Crippen LogP contribution in [0.4, 0.5) is 5.69 Å². The zero-order valence-corrected chi connectivity index (χ0v) is 6.93. The van der Waals surface area contributed by atoms with Gasteiger partial charge < -0.3 is 11.0 Å². The van der Waals surface area contributed by atoms with Gasteiger partial charge in [0.15, 0.2) is 0 Å². The van der Waals surface area contributed by atoms with Crippen LogP contribution in [-0.4, -0.2) is 6.54 Å². The lowest BCUT2D eigenvalue weighted by atomic mass is 10.1. The molecule has 1 atom stereocenters. The highest BCUT2D eigenvalue weighted by Crippen LogP contribution is 2.16. The van der Waals surface area contributed by atoms with Crippen molar-refractivity contribution >= 4 is 5.69 Å². The highest BCUT2D eigenvalue weighted by molar-refractivity contribution is 5.49. The summed E-state index contributed by atoms with van der Waals surface area (Å²) in [7, 11) is 0. The van der Waals surface area contributed by atoms with Gasteiger partial charge in [0.25, 0.3) is 0 Å². The molecule has 1 aliphatic rings. The molecule has 1 heterocycles. The Morgan fingerprint density at radius 2 is 2.17 bits per heavy atom. The van der Waals surface area contributed by atoms with E-state index in [2.05, 4.69) is 17.6 Å². The number of hydrogen-bond acceptors (Lipinski definition) is 1. The van der Waals surface area contributed by atoms with E-state index in [1.54, 1.807) is 0 Å². The average molecular weight is 163 g/mol. The molecule has 3 N–H and O–H groups in total. The first-order valence-electron chi connectivity index (χ1n) is 4.28. The van der Waals surface area contributed by atoms with E-state index in [4.69, 9.17) is 5.84 Å². The Labute approximate surface area is 72.1 Å². The van der Waals surface area contributed by atoms with Gasteiger partial charge in [-0.25, -0.2) is 5.43 Å². The molecule has 0 spiro atoms. The zero-order chi connectivity index (χ0) is 8.39. The molecule has 2 rings (SSSR count). The van der Waals surface area contributed by atoms with Gasteiger partial charge in [-0.05, 0) is 18.1 Å². The fourth-order valence-electron chi connectivity index (χ4n) is 1.54. The molecule has 0 aromatic heterocycles. The quantitative estimate of drug-likeness (QED) is 0.584. The standard InChI is InChI=1S/C9H13N3/c10-12-7-3-5-8-4-1-2-6-9(8)11-12/h1-2,4,6,10-12H,3,5,7H2. The van der Waals surface area contributed by atoms with Gasteiger partial charge in [-0.2, -0.15) is 0 Å². The summed E-state index contributed by atoms with van der Waals surface area (Å²) in [6.07, 6.45) is 2.17. The molecule has 0 radical (unpaired) electrons. The van der Waals surface area contributed by atoms with E-state index in [1.807, 2.05) is 12.1 Å². The average Bonchev–Trinajstić information content (AvgIpc) is 2.25. The molecule has 1 aromatic rings. The fraction of sp³-hybridized carbons (Fsp3) is 0.333. The molecule has 0 aliphatic carbocycles. The number of hydrogen-bond donors (Lipinski definition) is 2. The first-order chi connectivity index (χ1) is 5.86. The Hall–Kier alpha value is -1.06. The summed E-state index contributed by atoms with van der Waals surface area (Å²) in [5.74, 6) is 7.55. The Morgan fingerprint density at radius 1 is 1.33 bits per heavy atom. The molecule has 3 nitrogen and oxygen atoms in total. The minimum atomic E-state index is 0.639. The lowest BCUT2D eigenvalue weighted by molar-refractivity contribution is -0.824. The number of aryl methyl sites for hydroxylation is 1. The van der Waals surface area contributed by atoms with E-state index in [-0.39, 0.29) is 0 Å². The third-order valence-corrected chi connectivity index (χ3v) is 2.18. The Bertz CT molecular complexity index is 272. The van der Waals surface area contributed by atoms with Crippen LogP contribution in [0.1, 0.15) is 12.0 Å². The first kappa shape index (κ1) is 7.58. The van der Waals surface area contributed by atoms with Crippen molar-refractivity contribution in [3.05, 3.63) is 35.7 Å². The van der Waals surface area contributed by atoms with Crippen LogP contribution in [0.5, 0.6) is 0 Å². The maximum absolute atomic E-state index is 7.55. The van der Waals surface area contributed by atoms with E-state index in [0.717, 1.165) is 25.1 Å². The van der Waals surface area contributed by atoms with Crippen LogP contribution < -0.4 is 10.5 Å². The number of para-hydroxylation sites is 1. The van der Waals surface area contributed by atoms with E-state index in [0.29, 0.717) is 5.12 Å². The maximum atomic E-state index is 7.55. The molecule has 1 aliphatic heterocycles. The number of fused-ring (bicyclic) bond motifs is 1. The van der Waals surface area contributed by atoms with Gasteiger partial charge in [0.2, 0.25) is 0 Å². The van der Waals surface area contributed by atoms with Gasteiger partial charge in [0.1, 0.15) is 0 Å². The van der Waals surface area contributed by atoms with E-state index in [9.17, 15) is 0 Å². The van der Waals surface area contributed by atoms with Crippen molar-refractivity contribution in [1.82, 2.24) is 0 Å². The van der Waals surface area contributed by atoms with Gasteiger partial charge in [0.05, 0.1) is 12.2 Å². The second-order valence-electron chi connectivity index (χ2n) is 3.11. The van der Waals surface area contributed by atoms with Gasteiger partial charge in [-0.1, -0.05) is 18.2 Å². The monoisotopic (exact) mass is 163 g/mol. The fourth-order valence-corrected chi connectivity index (χ4v) is 1.54. The maximum Gasteiger partial charge on any atom is 0.0904 e. The van der Waals surface area contributed by atoms with E-state index in [1.165, 1.54) is 5.56 Å². The lowest BCUT2D eigenvalue weighted by Gasteiger charge is -2.20.